The second kappa shape index (κ2) is 14.8. The quantitative estimate of drug-likeness (QED) is 0.202. The minimum atomic E-state index is 0.552. The lowest BCUT2D eigenvalue weighted by atomic mass is 9.91. The Labute approximate surface area is 273 Å². The van der Waals surface area contributed by atoms with Crippen molar-refractivity contribution in [1.82, 2.24) is 25.1 Å². The molecule has 236 valence electrons. The maximum Gasteiger partial charge on any atom is 0.250 e. The number of anilines is 1. The van der Waals surface area contributed by atoms with Gasteiger partial charge in [-0.15, -0.1) is 33.3 Å². The molecule has 8 rings (SSSR count). The van der Waals surface area contributed by atoms with Crippen LogP contribution in [0.25, 0.3) is 32.0 Å². The van der Waals surface area contributed by atoms with E-state index in [0.717, 1.165) is 82.9 Å². The number of aryl methyl sites for hydroxylation is 5. The van der Waals surface area contributed by atoms with Crippen molar-refractivity contribution in [3.05, 3.63) is 65.2 Å². The number of nitrogens with two attached hydrogens (primary N) is 1. The number of hydrogen-bond acceptors (Lipinski definition) is 10. The molecule has 8 nitrogen and oxygen atoms in total. The number of thiophene rings is 1. The van der Waals surface area contributed by atoms with Crippen LogP contribution < -0.4 is 5.73 Å². The third-order valence-electron chi connectivity index (χ3n) is 8.30. The molecule has 2 aliphatic heterocycles. The summed E-state index contributed by atoms with van der Waals surface area (Å²) in [6.45, 7) is 7.80. The molecule has 10 heteroatoms. The van der Waals surface area contributed by atoms with Crippen molar-refractivity contribution < 1.29 is 9.15 Å². The first-order chi connectivity index (χ1) is 22.1. The van der Waals surface area contributed by atoms with Crippen LogP contribution in [-0.4, -0.2) is 44.1 Å². The second-order valence-corrected chi connectivity index (χ2v) is 14.0. The molecule has 0 saturated carbocycles. The average Bonchev–Trinajstić information content (AvgIpc) is 3.87. The summed E-state index contributed by atoms with van der Waals surface area (Å²) in [5.41, 5.74) is 13.4. The van der Waals surface area contributed by atoms with Gasteiger partial charge in [-0.05, 0) is 80.0 Å². The summed E-state index contributed by atoms with van der Waals surface area (Å²) in [6.07, 6.45) is 13.8. The van der Waals surface area contributed by atoms with Crippen molar-refractivity contribution >= 4 is 39.0 Å². The molecule has 0 atom stereocenters. The predicted molar refractivity (Wildman–Crippen MR) is 184 cm³/mol. The van der Waals surface area contributed by atoms with E-state index in [1.807, 2.05) is 37.0 Å². The molecule has 7 heterocycles. The van der Waals surface area contributed by atoms with Crippen LogP contribution in [0, 0.1) is 12.8 Å². The van der Waals surface area contributed by atoms with Crippen LogP contribution in [0.2, 0.25) is 0 Å². The fourth-order valence-corrected chi connectivity index (χ4v) is 8.49. The van der Waals surface area contributed by atoms with Gasteiger partial charge in [-0.25, -0.2) is 4.98 Å². The van der Waals surface area contributed by atoms with Crippen molar-refractivity contribution in [1.29, 1.82) is 0 Å². The lowest BCUT2D eigenvalue weighted by Crippen LogP contribution is -2.16. The Hall–Kier alpha value is -3.34. The number of hydrogen-bond donors (Lipinski definition) is 1. The number of rotatable bonds is 5. The molecule has 1 saturated heterocycles. The first kappa shape index (κ1) is 31.6. The molecular weight excluding hydrogens is 601 g/mol. The maximum atomic E-state index is 6.20. The van der Waals surface area contributed by atoms with Crippen molar-refractivity contribution in [2.24, 2.45) is 5.92 Å². The second-order valence-electron chi connectivity index (χ2n) is 11.8. The largest absolute Gasteiger partial charge is 0.421 e. The summed E-state index contributed by atoms with van der Waals surface area (Å²) in [5, 5.41) is 9.69. The molecule has 2 N–H and O–H groups in total. The lowest BCUT2D eigenvalue weighted by molar-refractivity contribution is 0.0639. The molecule has 0 amide bonds. The van der Waals surface area contributed by atoms with Crippen molar-refractivity contribution in [3.8, 4) is 21.9 Å². The van der Waals surface area contributed by atoms with Gasteiger partial charge in [0.2, 0.25) is 11.8 Å². The number of fused-ring (bicyclic) bond motifs is 3. The highest BCUT2D eigenvalue weighted by atomic mass is 32.2. The fourth-order valence-electron chi connectivity index (χ4n) is 6.15. The lowest BCUT2D eigenvalue weighted by Gasteiger charge is -2.22. The van der Waals surface area contributed by atoms with Crippen LogP contribution in [-0.2, 0) is 30.4 Å². The highest BCUT2D eigenvalue weighted by Crippen LogP contribution is 2.49. The Balaban J connectivity index is 0.000000249. The van der Waals surface area contributed by atoms with E-state index in [4.69, 9.17) is 19.9 Å². The van der Waals surface area contributed by atoms with E-state index in [1.165, 1.54) is 47.5 Å². The van der Waals surface area contributed by atoms with Crippen LogP contribution in [0.3, 0.4) is 0 Å². The van der Waals surface area contributed by atoms with Crippen molar-refractivity contribution in [2.45, 2.75) is 83.5 Å². The average molecular weight is 643 g/mol. The molecule has 3 aliphatic rings. The van der Waals surface area contributed by atoms with E-state index >= 15 is 0 Å². The smallest absolute Gasteiger partial charge is 0.250 e. The third-order valence-corrected chi connectivity index (χ3v) is 10.6. The molecule has 0 spiro atoms. The summed E-state index contributed by atoms with van der Waals surface area (Å²) in [6, 6.07) is 8.42. The molecule has 5 aromatic rings. The van der Waals surface area contributed by atoms with Gasteiger partial charge in [-0.3, -0.25) is 9.97 Å². The zero-order chi connectivity index (χ0) is 31.2. The van der Waals surface area contributed by atoms with Crippen LogP contribution >= 0.6 is 23.1 Å². The van der Waals surface area contributed by atoms with Gasteiger partial charge in [0, 0.05) is 65.7 Å². The maximum absolute atomic E-state index is 6.20. The summed E-state index contributed by atoms with van der Waals surface area (Å²) in [5.74, 6) is 3.38. The Morgan fingerprint density at radius 3 is 2.58 bits per heavy atom. The van der Waals surface area contributed by atoms with Gasteiger partial charge in [0.15, 0.2) is 0 Å². The third kappa shape index (κ3) is 7.23. The van der Waals surface area contributed by atoms with E-state index in [9.17, 15) is 0 Å². The van der Waals surface area contributed by atoms with Gasteiger partial charge in [-0.1, -0.05) is 26.3 Å². The van der Waals surface area contributed by atoms with E-state index in [1.54, 1.807) is 17.5 Å². The first-order valence-corrected chi connectivity index (χ1v) is 18.0. The first-order valence-electron chi connectivity index (χ1n) is 16.2. The summed E-state index contributed by atoms with van der Waals surface area (Å²) < 4.78 is 12.6. The molecule has 0 aromatic carbocycles. The molecule has 5 aromatic heterocycles. The SMILES string of the molecule is CCC.Cc1nnc(-c2c(CCC3CCOCC3)nc3c(c2-c2cc4ccnc(N)c4s2)SCC3)o1.c1cnc2c(c1)CCC2. The highest BCUT2D eigenvalue weighted by molar-refractivity contribution is 7.99. The summed E-state index contributed by atoms with van der Waals surface area (Å²) >= 11 is 3.54. The Morgan fingerprint density at radius 1 is 0.978 bits per heavy atom. The number of pyridine rings is 3. The molecule has 45 heavy (non-hydrogen) atoms. The predicted octanol–water partition coefficient (Wildman–Crippen LogP) is 8.29. The van der Waals surface area contributed by atoms with Crippen molar-refractivity contribution in [3.63, 3.8) is 0 Å². The van der Waals surface area contributed by atoms with Gasteiger partial charge in [0.1, 0.15) is 5.82 Å². The number of nitrogen functional groups attached to an aromatic ring is 1. The number of ether oxygens (including phenoxy) is 1. The molecule has 0 bridgehead atoms. The zero-order valence-electron chi connectivity index (χ0n) is 26.5. The normalized spacial score (nSPS) is 15.6. The number of aromatic nitrogens is 5. The van der Waals surface area contributed by atoms with Crippen LogP contribution in [0.15, 0.2) is 46.0 Å². The Kier molecular flexibility index (Phi) is 10.4. The van der Waals surface area contributed by atoms with Gasteiger partial charge in [-0.2, -0.15) is 0 Å². The molecule has 0 radical (unpaired) electrons. The number of nitrogens with zero attached hydrogens (tertiary/aromatic N) is 5. The van der Waals surface area contributed by atoms with E-state index in [0.29, 0.717) is 23.5 Å². The standard InChI is InChI=1S/C24H25N5O2S2.C8H9N.C3H8/c1-13-28-29-24(31-13)19-16(3-2-14-5-9-30-10-6-14)27-17-7-11-32-22(17)20(19)18-12-15-4-8-26-23(25)21(15)33-18;1-3-7-4-2-6-9-8(7)5-1;1-3-2/h4,8,12,14H,2-3,5-7,9-11H2,1H3,(H2,25,26);2,4,6H,1,3,5H2;3H2,1-2H3. The van der Waals surface area contributed by atoms with Gasteiger partial charge < -0.3 is 14.9 Å². The van der Waals surface area contributed by atoms with E-state index in [2.05, 4.69) is 46.1 Å². The van der Waals surface area contributed by atoms with Gasteiger partial charge in [0.25, 0.3) is 0 Å². The molecule has 1 fully saturated rings. The van der Waals surface area contributed by atoms with Crippen LogP contribution in [0.4, 0.5) is 5.82 Å². The van der Waals surface area contributed by atoms with Crippen LogP contribution in [0.1, 0.15) is 74.5 Å². The summed E-state index contributed by atoms with van der Waals surface area (Å²) in [7, 11) is 0. The Morgan fingerprint density at radius 2 is 1.82 bits per heavy atom. The monoisotopic (exact) mass is 642 g/mol. The summed E-state index contributed by atoms with van der Waals surface area (Å²) in [4.78, 5) is 16.1. The number of thioether (sulfide) groups is 1. The van der Waals surface area contributed by atoms with Gasteiger partial charge in [0.05, 0.1) is 21.7 Å². The van der Waals surface area contributed by atoms with Crippen LogP contribution in [0.5, 0.6) is 0 Å². The minimum Gasteiger partial charge on any atom is -0.421 e. The zero-order valence-corrected chi connectivity index (χ0v) is 28.1. The Bertz CT molecular complexity index is 1720. The minimum absolute atomic E-state index is 0.552. The fraction of sp³-hybridized carbons (Fsp3) is 0.457. The topological polar surface area (TPSA) is 113 Å². The molecule has 0 unspecified atom stereocenters. The van der Waals surface area contributed by atoms with E-state index < -0.39 is 0 Å². The molecular formula is C35H42N6O2S2. The van der Waals surface area contributed by atoms with Crippen molar-refractivity contribution in [2.75, 3.05) is 24.7 Å². The highest BCUT2D eigenvalue weighted by Gasteiger charge is 2.29. The molecule has 1 aliphatic carbocycles. The van der Waals surface area contributed by atoms with E-state index in [-0.39, 0.29) is 0 Å². The van der Waals surface area contributed by atoms with Gasteiger partial charge >= 0.3 is 0 Å².